The first-order chi connectivity index (χ1) is 13.3. The number of fused-ring (bicyclic) bond motifs is 6. The van der Waals surface area contributed by atoms with Crippen molar-refractivity contribution in [2.75, 3.05) is 0 Å². The molecule has 0 saturated heterocycles. The van der Waals surface area contributed by atoms with Crippen LogP contribution in [0, 0.1) is 0 Å². The first-order valence-electron chi connectivity index (χ1n) is 9.08. The predicted octanol–water partition coefficient (Wildman–Crippen LogP) is 7.12. The molecule has 0 unspecified atom stereocenters. The van der Waals surface area contributed by atoms with Gasteiger partial charge < -0.3 is 9.38 Å². The summed E-state index contributed by atoms with van der Waals surface area (Å²) in [6.45, 7) is 0. The summed E-state index contributed by atoms with van der Waals surface area (Å²) in [7, 11) is 0. The third-order valence-corrected chi connectivity index (χ3v) is 6.14. The molecule has 7 rings (SSSR count). The van der Waals surface area contributed by atoms with Crippen LogP contribution in [0.1, 0.15) is 0 Å². The molecule has 0 aliphatic heterocycles. The fraction of sp³-hybridized carbons (Fsp3) is 0. The summed E-state index contributed by atoms with van der Waals surface area (Å²) in [5, 5.41) is 8.34. The molecule has 0 spiro atoms. The van der Waals surface area contributed by atoms with Gasteiger partial charge in [0.15, 0.2) is 0 Å². The van der Waals surface area contributed by atoms with E-state index in [-0.39, 0.29) is 0 Å². The Labute approximate surface area is 158 Å². The van der Waals surface area contributed by atoms with E-state index >= 15 is 0 Å². The number of hydrogen-bond donors (Lipinski definition) is 1. The van der Waals surface area contributed by atoms with Crippen LogP contribution in [0.3, 0.4) is 0 Å². The van der Waals surface area contributed by atoms with Crippen molar-refractivity contribution in [3.63, 3.8) is 0 Å². The molecule has 0 fully saturated rings. The Morgan fingerprint density at radius 2 is 1.59 bits per heavy atom. The normalized spacial score (nSPS) is 12.6. The average molecular weight is 365 g/mol. The SMILES string of the molecule is Clc1ccc2c3cccc4ccc5[nH]c6c7ccccc7n(c2c1)c6c5c43. The highest BCUT2D eigenvalue weighted by molar-refractivity contribution is 6.34. The van der Waals surface area contributed by atoms with Crippen molar-refractivity contribution in [2.45, 2.75) is 0 Å². The van der Waals surface area contributed by atoms with Crippen molar-refractivity contribution in [2.24, 2.45) is 0 Å². The van der Waals surface area contributed by atoms with Crippen LogP contribution in [0.15, 0.2) is 72.8 Å². The third-order valence-electron chi connectivity index (χ3n) is 5.91. The Morgan fingerprint density at radius 1 is 0.704 bits per heavy atom. The minimum atomic E-state index is 0.754. The van der Waals surface area contributed by atoms with Gasteiger partial charge >= 0.3 is 0 Å². The number of nitrogens with one attached hydrogen (secondary N) is 1. The Bertz CT molecular complexity index is 1680. The number of aromatic nitrogens is 2. The molecule has 1 N–H and O–H groups in total. The highest BCUT2D eigenvalue weighted by atomic mass is 35.5. The average Bonchev–Trinajstić information content (AvgIpc) is 3.18. The molecule has 4 aromatic carbocycles. The van der Waals surface area contributed by atoms with Gasteiger partial charge in [-0.2, -0.15) is 0 Å². The van der Waals surface area contributed by atoms with E-state index < -0.39 is 0 Å². The standard InChI is InChI=1S/C24H13ClN2/c25-14-9-10-15-16-6-3-4-13-8-11-18-22(21(13)16)24-23(26-18)17-5-1-2-7-19(17)27(24)20(15)12-14/h1-12,26H. The van der Waals surface area contributed by atoms with Crippen LogP contribution in [-0.2, 0) is 0 Å². The van der Waals surface area contributed by atoms with Gasteiger partial charge in [0.25, 0.3) is 0 Å². The summed E-state index contributed by atoms with van der Waals surface area (Å²) >= 11 is 6.45. The Morgan fingerprint density at radius 3 is 2.56 bits per heavy atom. The first kappa shape index (κ1) is 13.9. The minimum Gasteiger partial charge on any atom is -0.353 e. The van der Waals surface area contributed by atoms with Gasteiger partial charge in [0.2, 0.25) is 0 Å². The Kier molecular flexibility index (Phi) is 2.34. The van der Waals surface area contributed by atoms with Crippen LogP contribution in [-0.4, -0.2) is 9.38 Å². The smallest absolute Gasteiger partial charge is 0.0804 e. The van der Waals surface area contributed by atoms with Gasteiger partial charge in [-0.15, -0.1) is 0 Å². The monoisotopic (exact) mass is 364 g/mol. The van der Waals surface area contributed by atoms with Crippen LogP contribution >= 0.6 is 11.6 Å². The lowest BCUT2D eigenvalue weighted by Crippen LogP contribution is -1.84. The molecule has 27 heavy (non-hydrogen) atoms. The quantitative estimate of drug-likeness (QED) is 0.295. The van der Waals surface area contributed by atoms with Crippen molar-refractivity contribution < 1.29 is 0 Å². The zero-order valence-electron chi connectivity index (χ0n) is 14.3. The van der Waals surface area contributed by atoms with Crippen molar-refractivity contribution in [3.8, 4) is 0 Å². The third kappa shape index (κ3) is 1.54. The molecule has 0 aliphatic carbocycles. The van der Waals surface area contributed by atoms with E-state index in [9.17, 15) is 0 Å². The van der Waals surface area contributed by atoms with Gasteiger partial charge in [0.05, 0.1) is 22.1 Å². The molecule has 0 atom stereocenters. The maximum Gasteiger partial charge on any atom is 0.0804 e. The lowest BCUT2D eigenvalue weighted by Gasteiger charge is -2.03. The van der Waals surface area contributed by atoms with E-state index in [0.29, 0.717) is 0 Å². The number of H-pyrrole nitrogens is 1. The topological polar surface area (TPSA) is 20.2 Å². The molecule has 7 aromatic rings. The molecule has 0 bridgehead atoms. The summed E-state index contributed by atoms with van der Waals surface area (Å²) in [6.07, 6.45) is 0. The van der Waals surface area contributed by atoms with E-state index in [2.05, 4.69) is 76.1 Å². The molecule has 3 heterocycles. The number of hydrogen-bond acceptors (Lipinski definition) is 0. The van der Waals surface area contributed by atoms with Gasteiger partial charge in [0, 0.05) is 32.1 Å². The molecule has 3 heteroatoms. The zero-order chi connectivity index (χ0) is 17.7. The molecule has 3 aromatic heterocycles. The number of halogens is 1. The predicted molar refractivity (Wildman–Crippen MR) is 115 cm³/mol. The van der Waals surface area contributed by atoms with Crippen LogP contribution < -0.4 is 0 Å². The van der Waals surface area contributed by atoms with Crippen LogP contribution in [0.5, 0.6) is 0 Å². The van der Waals surface area contributed by atoms with E-state index in [1.807, 2.05) is 6.07 Å². The van der Waals surface area contributed by atoms with Crippen molar-refractivity contribution in [1.29, 1.82) is 0 Å². The van der Waals surface area contributed by atoms with Gasteiger partial charge in [-0.1, -0.05) is 60.1 Å². The van der Waals surface area contributed by atoms with Crippen molar-refractivity contribution in [3.05, 3.63) is 77.8 Å². The number of rotatable bonds is 0. The lowest BCUT2D eigenvalue weighted by atomic mass is 10.0. The molecule has 0 radical (unpaired) electrons. The molecular weight excluding hydrogens is 352 g/mol. The largest absolute Gasteiger partial charge is 0.353 e. The second-order valence-corrected chi connectivity index (χ2v) is 7.69. The van der Waals surface area contributed by atoms with E-state index in [1.165, 1.54) is 54.4 Å². The number of aromatic amines is 1. The maximum absolute atomic E-state index is 6.45. The molecule has 0 aliphatic rings. The fourth-order valence-corrected chi connectivity index (χ4v) is 5.03. The van der Waals surface area contributed by atoms with Crippen LogP contribution in [0.25, 0.3) is 59.9 Å². The number of para-hydroxylation sites is 1. The molecular formula is C24H13ClN2. The summed E-state index contributed by atoms with van der Waals surface area (Å²) in [5.41, 5.74) is 5.95. The highest BCUT2D eigenvalue weighted by Crippen LogP contribution is 2.43. The summed E-state index contributed by atoms with van der Waals surface area (Å²) < 4.78 is 2.38. The second kappa shape index (κ2) is 4.54. The minimum absolute atomic E-state index is 0.754. The molecule has 126 valence electrons. The molecule has 2 nitrogen and oxygen atoms in total. The Hall–Kier alpha value is -3.23. The van der Waals surface area contributed by atoms with Gasteiger partial charge in [-0.25, -0.2) is 0 Å². The summed E-state index contributed by atoms with van der Waals surface area (Å²) in [6, 6.07) is 25.8. The highest BCUT2D eigenvalue weighted by Gasteiger charge is 2.20. The Balaban J connectivity index is 2.05. The molecule has 0 saturated carbocycles. The number of nitrogens with zero attached hydrogens (tertiary/aromatic N) is 1. The van der Waals surface area contributed by atoms with Gasteiger partial charge in [-0.05, 0) is 35.0 Å². The lowest BCUT2D eigenvalue weighted by molar-refractivity contribution is 1.36. The first-order valence-corrected chi connectivity index (χ1v) is 9.46. The van der Waals surface area contributed by atoms with Crippen LogP contribution in [0.2, 0.25) is 5.02 Å². The van der Waals surface area contributed by atoms with Crippen molar-refractivity contribution >= 4 is 71.5 Å². The van der Waals surface area contributed by atoms with E-state index in [1.54, 1.807) is 0 Å². The summed E-state index contributed by atoms with van der Waals surface area (Å²) in [4.78, 5) is 3.69. The van der Waals surface area contributed by atoms with Gasteiger partial charge in [-0.3, -0.25) is 0 Å². The van der Waals surface area contributed by atoms with Crippen molar-refractivity contribution in [1.82, 2.24) is 9.38 Å². The zero-order valence-corrected chi connectivity index (χ0v) is 15.0. The maximum atomic E-state index is 6.45. The van der Waals surface area contributed by atoms with E-state index in [4.69, 9.17) is 11.6 Å². The van der Waals surface area contributed by atoms with Crippen LogP contribution in [0.4, 0.5) is 0 Å². The van der Waals surface area contributed by atoms with E-state index in [0.717, 1.165) is 10.5 Å². The second-order valence-electron chi connectivity index (χ2n) is 7.25. The number of benzene rings is 4. The fourth-order valence-electron chi connectivity index (χ4n) is 4.86. The molecule has 0 amide bonds. The van der Waals surface area contributed by atoms with Gasteiger partial charge in [0.1, 0.15) is 0 Å². The summed E-state index contributed by atoms with van der Waals surface area (Å²) in [5.74, 6) is 0.